The van der Waals surface area contributed by atoms with Crippen molar-refractivity contribution < 1.29 is 19.1 Å². The highest BCUT2D eigenvalue weighted by atomic mass is 35.5. The number of ketones is 1. The molecule has 0 aliphatic carbocycles. The summed E-state index contributed by atoms with van der Waals surface area (Å²) in [5.74, 6) is -0.788. The maximum Gasteiger partial charge on any atom is 0.307 e. The van der Waals surface area contributed by atoms with Gasteiger partial charge in [0.05, 0.1) is 16.8 Å². The van der Waals surface area contributed by atoms with E-state index in [1.165, 1.54) is 11.3 Å². The number of ether oxygens (including phenoxy) is 1. The summed E-state index contributed by atoms with van der Waals surface area (Å²) in [5, 5.41) is 5.64. The molecule has 3 rings (SSSR count). The van der Waals surface area contributed by atoms with Gasteiger partial charge in [0, 0.05) is 30.3 Å². The van der Waals surface area contributed by atoms with E-state index in [1.54, 1.807) is 12.1 Å². The van der Waals surface area contributed by atoms with E-state index < -0.39 is 5.97 Å². The summed E-state index contributed by atoms with van der Waals surface area (Å²) < 4.78 is 5.22. The molecule has 0 bridgehead atoms. The quantitative estimate of drug-likeness (QED) is 0.313. The first-order chi connectivity index (χ1) is 14.0. The van der Waals surface area contributed by atoms with Crippen molar-refractivity contribution in [3.8, 4) is 0 Å². The predicted octanol–water partition coefficient (Wildman–Crippen LogP) is 4.16. The smallest absolute Gasteiger partial charge is 0.307 e. The Morgan fingerprint density at radius 3 is 2.69 bits per heavy atom. The second kappa shape index (κ2) is 10.1. The molecule has 0 aliphatic heterocycles. The van der Waals surface area contributed by atoms with Crippen LogP contribution in [0, 0.1) is 0 Å². The summed E-state index contributed by atoms with van der Waals surface area (Å²) >= 11 is 7.50. The zero-order chi connectivity index (χ0) is 20.6. The monoisotopic (exact) mass is 430 g/mol. The predicted molar refractivity (Wildman–Crippen MR) is 112 cm³/mol. The third kappa shape index (κ3) is 6.10. The summed E-state index contributed by atoms with van der Waals surface area (Å²) in [4.78, 5) is 40.5. The number of thiophene rings is 1. The number of pyridine rings is 1. The molecule has 0 saturated carbocycles. The van der Waals surface area contributed by atoms with Gasteiger partial charge in [-0.15, -0.1) is 11.3 Å². The first kappa shape index (κ1) is 21.0. The highest BCUT2D eigenvalue weighted by Gasteiger charge is 2.12. The van der Waals surface area contributed by atoms with Gasteiger partial charge in [0.1, 0.15) is 11.8 Å². The topological polar surface area (TPSA) is 85.4 Å². The summed E-state index contributed by atoms with van der Waals surface area (Å²) in [6.45, 7) is 0.160. The summed E-state index contributed by atoms with van der Waals surface area (Å²) in [7, 11) is 0. The summed E-state index contributed by atoms with van der Waals surface area (Å²) in [6, 6.07) is 12.9. The first-order valence-corrected chi connectivity index (χ1v) is 10.3. The van der Waals surface area contributed by atoms with Crippen LogP contribution in [0.4, 0.5) is 0 Å². The van der Waals surface area contributed by atoms with Gasteiger partial charge in [-0.2, -0.15) is 0 Å². The van der Waals surface area contributed by atoms with E-state index in [1.807, 2.05) is 35.7 Å². The number of nitrogens with zero attached hydrogens (tertiary/aromatic N) is 1. The molecular weight excluding hydrogens is 412 g/mol. The van der Waals surface area contributed by atoms with Gasteiger partial charge in [0.25, 0.3) is 0 Å². The van der Waals surface area contributed by atoms with E-state index in [4.69, 9.17) is 16.3 Å². The van der Waals surface area contributed by atoms with Crippen LogP contribution >= 0.6 is 22.9 Å². The zero-order valence-corrected chi connectivity index (χ0v) is 17.1. The summed E-state index contributed by atoms with van der Waals surface area (Å²) in [5.41, 5.74) is 1.39. The van der Waals surface area contributed by atoms with Gasteiger partial charge in [-0.25, -0.2) is 4.98 Å². The van der Waals surface area contributed by atoms with Crippen LogP contribution in [-0.4, -0.2) is 29.2 Å². The molecule has 2 heterocycles. The van der Waals surface area contributed by atoms with E-state index in [2.05, 4.69) is 10.3 Å². The Labute approximate surface area is 176 Å². The number of rotatable bonds is 9. The van der Waals surface area contributed by atoms with E-state index in [0.717, 1.165) is 10.9 Å². The molecule has 150 valence electrons. The molecule has 0 atom stereocenters. The molecule has 0 spiro atoms. The number of para-hydroxylation sites is 1. The molecule has 2 aromatic heterocycles. The Kier molecular flexibility index (Phi) is 7.32. The van der Waals surface area contributed by atoms with Crippen molar-refractivity contribution >= 4 is 51.5 Å². The average Bonchev–Trinajstić information content (AvgIpc) is 3.25. The Bertz CT molecular complexity index is 1020. The lowest BCUT2D eigenvalue weighted by Gasteiger charge is -2.08. The van der Waals surface area contributed by atoms with Crippen LogP contribution in [0.25, 0.3) is 10.9 Å². The average molecular weight is 431 g/mol. The van der Waals surface area contributed by atoms with Crippen molar-refractivity contribution in [2.45, 2.75) is 25.9 Å². The van der Waals surface area contributed by atoms with Gasteiger partial charge >= 0.3 is 5.97 Å². The lowest BCUT2D eigenvalue weighted by atomic mass is 10.2. The van der Waals surface area contributed by atoms with Gasteiger partial charge < -0.3 is 10.1 Å². The second-order valence-corrected chi connectivity index (χ2v) is 7.60. The molecule has 0 saturated heterocycles. The number of carbonyl (C=O) groups excluding carboxylic acids is 3. The van der Waals surface area contributed by atoms with E-state index in [9.17, 15) is 14.4 Å². The molecule has 0 unspecified atom stereocenters. The SMILES string of the molecule is O=C(CCC(=O)c1cccs1)NCCC(=O)OCc1cc2ccccc2nc1Cl. The fourth-order valence-corrected chi connectivity index (χ4v) is 3.54. The van der Waals surface area contributed by atoms with Crippen molar-refractivity contribution in [1.82, 2.24) is 10.3 Å². The number of halogens is 1. The molecule has 0 aliphatic rings. The standard InChI is InChI=1S/C21H19ClN2O4S/c22-21-15(12-14-4-1-2-5-16(14)24-21)13-28-20(27)9-10-23-19(26)8-7-17(25)18-6-3-11-29-18/h1-6,11-12H,7-10,13H2,(H,23,26). The van der Waals surface area contributed by atoms with Crippen LogP contribution in [0.1, 0.15) is 34.5 Å². The third-order valence-corrected chi connectivity index (χ3v) is 5.40. The van der Waals surface area contributed by atoms with Crippen LogP contribution in [0.5, 0.6) is 0 Å². The van der Waals surface area contributed by atoms with Crippen LogP contribution in [-0.2, 0) is 20.9 Å². The number of hydrogen-bond acceptors (Lipinski definition) is 6. The third-order valence-electron chi connectivity index (χ3n) is 4.17. The maximum atomic E-state index is 11.9. The lowest BCUT2D eigenvalue weighted by Crippen LogP contribution is -2.26. The molecule has 0 fully saturated rings. The van der Waals surface area contributed by atoms with E-state index in [-0.39, 0.29) is 44.1 Å². The van der Waals surface area contributed by atoms with Gasteiger partial charge in [-0.05, 0) is 23.6 Å². The number of aromatic nitrogens is 1. The molecule has 3 aromatic rings. The maximum absolute atomic E-state index is 11.9. The number of Topliss-reactive ketones (excluding diaryl/α,β-unsaturated/α-hetero) is 1. The Morgan fingerprint density at radius 2 is 1.90 bits per heavy atom. The molecule has 1 aromatic carbocycles. The number of fused-ring (bicyclic) bond motifs is 1. The molecule has 8 heteroatoms. The highest BCUT2D eigenvalue weighted by molar-refractivity contribution is 7.12. The first-order valence-electron chi connectivity index (χ1n) is 9.06. The Hall–Kier alpha value is -2.77. The van der Waals surface area contributed by atoms with Gasteiger partial charge in [-0.1, -0.05) is 35.9 Å². The van der Waals surface area contributed by atoms with Crippen molar-refractivity contribution in [2.75, 3.05) is 6.54 Å². The van der Waals surface area contributed by atoms with E-state index >= 15 is 0 Å². The van der Waals surface area contributed by atoms with Crippen LogP contribution in [0.2, 0.25) is 5.15 Å². The van der Waals surface area contributed by atoms with Gasteiger partial charge in [-0.3, -0.25) is 14.4 Å². The number of carbonyl (C=O) groups is 3. The highest BCUT2D eigenvalue weighted by Crippen LogP contribution is 2.21. The minimum atomic E-state index is -0.454. The van der Waals surface area contributed by atoms with Gasteiger partial charge in [0.15, 0.2) is 5.78 Å². The van der Waals surface area contributed by atoms with Crippen molar-refractivity contribution in [1.29, 1.82) is 0 Å². The molecule has 1 N–H and O–H groups in total. The summed E-state index contributed by atoms with van der Waals surface area (Å²) in [6.07, 6.45) is 0.262. The van der Waals surface area contributed by atoms with Gasteiger partial charge in [0.2, 0.25) is 5.91 Å². The number of hydrogen-bond donors (Lipinski definition) is 1. The minimum absolute atomic E-state index is 0.0127. The Balaban J connectivity index is 1.37. The van der Waals surface area contributed by atoms with Crippen molar-refractivity contribution in [2.24, 2.45) is 0 Å². The molecule has 6 nitrogen and oxygen atoms in total. The normalized spacial score (nSPS) is 10.7. The number of esters is 1. The van der Waals surface area contributed by atoms with E-state index in [0.29, 0.717) is 15.6 Å². The van der Waals surface area contributed by atoms with Crippen molar-refractivity contribution in [3.05, 3.63) is 63.4 Å². The van der Waals surface area contributed by atoms with Crippen LogP contribution in [0.3, 0.4) is 0 Å². The zero-order valence-electron chi connectivity index (χ0n) is 15.5. The van der Waals surface area contributed by atoms with Crippen LogP contribution in [0.15, 0.2) is 47.8 Å². The number of amides is 1. The fourth-order valence-electron chi connectivity index (χ4n) is 2.65. The van der Waals surface area contributed by atoms with Crippen molar-refractivity contribution in [3.63, 3.8) is 0 Å². The Morgan fingerprint density at radius 1 is 1.07 bits per heavy atom. The minimum Gasteiger partial charge on any atom is -0.461 e. The molecule has 0 radical (unpaired) electrons. The fraction of sp³-hybridized carbons (Fsp3) is 0.238. The molecule has 29 heavy (non-hydrogen) atoms. The van der Waals surface area contributed by atoms with Crippen LogP contribution < -0.4 is 5.32 Å². The lowest BCUT2D eigenvalue weighted by molar-refractivity contribution is -0.144. The largest absolute Gasteiger partial charge is 0.461 e. The second-order valence-electron chi connectivity index (χ2n) is 6.29. The molecule has 1 amide bonds. The number of nitrogens with one attached hydrogen (secondary N) is 1. The number of benzene rings is 1. The molecular formula is C21H19ClN2O4S.